The molecule has 30 nitrogen and oxygen atoms in total. The molecule has 2 aliphatic heterocycles. The molecule has 0 radical (unpaired) electrons. The second-order valence-electron chi connectivity index (χ2n) is 27.2. The summed E-state index contributed by atoms with van der Waals surface area (Å²) in [5.74, 6) is 6.06. The molecule has 0 saturated carbocycles. The molecule has 30 heteroatoms. The van der Waals surface area contributed by atoms with E-state index in [1.54, 1.807) is 92.0 Å². The summed E-state index contributed by atoms with van der Waals surface area (Å²) in [7, 11) is 1.87. The number of aliphatic hydroxyl groups is 2. The van der Waals surface area contributed by atoms with Crippen molar-refractivity contribution in [1.29, 1.82) is 5.41 Å². The number of aliphatic hydroxyl groups excluding tert-OH is 2. The van der Waals surface area contributed by atoms with Crippen molar-refractivity contribution < 1.29 is 52.0 Å². The van der Waals surface area contributed by atoms with Crippen molar-refractivity contribution in [3.05, 3.63) is 242 Å². The molecule has 0 bridgehead atoms. The molecule has 118 heavy (non-hydrogen) atoms. The van der Waals surface area contributed by atoms with E-state index < -0.39 is 11.4 Å². The summed E-state index contributed by atoms with van der Waals surface area (Å²) in [5, 5.41) is 51.8. The summed E-state index contributed by atoms with van der Waals surface area (Å²) < 4.78 is 43.7. The molecule has 6 N–H and O–H groups in total. The topological polar surface area (TPSA) is 381 Å². The van der Waals surface area contributed by atoms with Crippen molar-refractivity contribution in [3.63, 3.8) is 0 Å². The number of nitrogens with one attached hydrogen (secondary N) is 4. The summed E-state index contributed by atoms with van der Waals surface area (Å²) in [6.45, 7) is 18.2. The van der Waals surface area contributed by atoms with Gasteiger partial charge in [-0.25, -0.2) is 0 Å². The van der Waals surface area contributed by atoms with Crippen LogP contribution in [0.25, 0.3) is 91.4 Å². The highest BCUT2D eigenvalue weighted by Crippen LogP contribution is 2.35. The van der Waals surface area contributed by atoms with Gasteiger partial charge in [0.25, 0.3) is 29.5 Å². The third kappa shape index (κ3) is 22.9. The molecule has 2 saturated heterocycles. The van der Waals surface area contributed by atoms with Gasteiger partial charge in [-0.3, -0.25) is 35.1 Å². The number of anilines is 3. The lowest BCUT2D eigenvalue weighted by Crippen LogP contribution is -2.42. The second-order valence-corrected chi connectivity index (χ2v) is 27.2. The zero-order valence-corrected chi connectivity index (χ0v) is 66.7. The minimum absolute atomic E-state index is 0.00954. The van der Waals surface area contributed by atoms with E-state index in [9.17, 15) is 15.0 Å². The first-order valence-electron chi connectivity index (χ1n) is 38.8. The Labute approximate surface area is 682 Å². The van der Waals surface area contributed by atoms with Gasteiger partial charge < -0.3 is 73.0 Å². The number of nitrogens with zero attached hydrogens (tertiary/aromatic N) is 15. The molecule has 2 aliphatic rings. The third-order valence-electron chi connectivity index (χ3n) is 18.4. The minimum Gasteiger partial charge on any atom is -0.490 e. The van der Waals surface area contributed by atoms with Crippen LogP contribution >= 0.6 is 0 Å². The van der Waals surface area contributed by atoms with Crippen LogP contribution in [-0.4, -0.2) is 159 Å². The summed E-state index contributed by atoms with van der Waals surface area (Å²) in [5.41, 5.74) is 12.1. The fourth-order valence-corrected chi connectivity index (χ4v) is 12.2. The monoisotopic (exact) mass is 1590 g/mol. The molecule has 11 heterocycles. The Hall–Kier alpha value is -14.0. The van der Waals surface area contributed by atoms with Crippen molar-refractivity contribution in [3.8, 4) is 114 Å². The van der Waals surface area contributed by atoms with Crippen LogP contribution in [0.5, 0.6) is 23.0 Å². The van der Waals surface area contributed by atoms with E-state index in [2.05, 4.69) is 115 Å². The van der Waals surface area contributed by atoms with E-state index in [0.717, 1.165) is 76.4 Å². The van der Waals surface area contributed by atoms with Crippen LogP contribution in [0.3, 0.4) is 0 Å². The molecular weight excluding hydrogens is 1500 g/mol. The lowest BCUT2D eigenvalue weighted by atomic mass is 10.1. The molecule has 0 unspecified atom stereocenters. The number of carbonyl (C=O) groups is 1. The van der Waals surface area contributed by atoms with Crippen molar-refractivity contribution in [2.24, 2.45) is 0 Å². The van der Waals surface area contributed by atoms with Gasteiger partial charge >= 0.3 is 0 Å². The summed E-state index contributed by atoms with van der Waals surface area (Å²) in [6.07, 6.45) is 18.5. The van der Waals surface area contributed by atoms with Crippen molar-refractivity contribution in [2.45, 2.75) is 85.9 Å². The van der Waals surface area contributed by atoms with Crippen LogP contribution < -0.4 is 44.7 Å². The van der Waals surface area contributed by atoms with Crippen LogP contribution in [-0.2, 0) is 13.2 Å². The van der Waals surface area contributed by atoms with Gasteiger partial charge in [0.05, 0.1) is 51.0 Å². The number of ether oxygens (including phenoxy) is 4. The Kier molecular flexibility index (Phi) is 29.6. The number of benzene rings is 5. The standard InChI is InChI=1S/C22H30N4O4.C18H19N3O4.2C17H16N4O.C14H12N4O/c1-5-29-18-8-7-16(12-19(18)30-6-2)21(28)26-20(23)15-9-10-24-17(11-15)13-25-22(3,4)14-27;1-3-23-15-6-5-13(10-16(15)24-4-2)18-20-17(21-25-18)12-7-8-19-14(9-12)11-22;1-2-12-21(11-1)15-5-3-14(4-6-15)17-19-16(20-22-17)13-7-9-18-10-8-13;1-2-11-21(10-1)15-5-3-4-14(12-15)17-19-16(20-22-17)13-6-8-18-9-7-13;1-15-12-4-2-3-11(9-12)14-17-13(18-19-14)10-5-7-16-8-6-10/h7-12,25,27H,5-6,13-14H2,1-4H3,(H2,23,26,28);5-10,22H,3-4,11H2,1-2H3;3-10H,1-2,11-12H2;3-9,12H,1-2,10-11H2;2-9,15H,1H3. The van der Waals surface area contributed by atoms with Crippen LogP contribution in [0.2, 0.25) is 0 Å². The van der Waals surface area contributed by atoms with Gasteiger partial charge in [0.2, 0.25) is 23.3 Å². The predicted octanol–water partition coefficient (Wildman–Crippen LogP) is 15.2. The molecule has 9 aromatic heterocycles. The van der Waals surface area contributed by atoms with E-state index >= 15 is 0 Å². The maximum absolute atomic E-state index is 12.6. The quantitative estimate of drug-likeness (QED) is 0.0217. The summed E-state index contributed by atoms with van der Waals surface area (Å²) in [4.78, 5) is 55.5. The van der Waals surface area contributed by atoms with E-state index in [0.29, 0.717) is 125 Å². The normalized spacial score (nSPS) is 12.1. The number of amides is 1. The molecule has 1 amide bonds. The van der Waals surface area contributed by atoms with Gasteiger partial charge in [-0.15, -0.1) is 0 Å². The lowest BCUT2D eigenvalue weighted by molar-refractivity contribution is 0.0976. The third-order valence-corrected chi connectivity index (χ3v) is 18.4. The smallest absolute Gasteiger partial charge is 0.258 e. The number of aromatic nitrogens is 13. The Balaban J connectivity index is 0.000000136. The first-order chi connectivity index (χ1) is 57.7. The predicted molar refractivity (Wildman–Crippen MR) is 448 cm³/mol. The van der Waals surface area contributed by atoms with Crippen molar-refractivity contribution in [1.82, 2.24) is 76.1 Å². The number of carbonyl (C=O) groups excluding carboxylic acids is 1. The maximum atomic E-state index is 12.6. The van der Waals surface area contributed by atoms with Crippen molar-refractivity contribution >= 4 is 28.8 Å². The Morgan fingerprint density at radius 1 is 0.441 bits per heavy atom. The number of hydrogen-bond donors (Lipinski definition) is 6. The first-order valence-corrected chi connectivity index (χ1v) is 38.8. The van der Waals surface area contributed by atoms with Gasteiger partial charge in [-0.05, 0) is 225 Å². The fraction of sp³-hybridized carbons (Fsp3) is 0.261. The fourth-order valence-electron chi connectivity index (χ4n) is 12.2. The molecule has 14 aromatic rings. The number of pyridine rings is 5. The SMILES string of the molecule is CCOc1ccc(-c2nc(-c3ccnc(CO)c3)no2)cc1OCC.CCOc1ccc(C(=O)NC(=N)c2ccnc(CNC(C)(C)CO)c2)cc1OCC.CNc1cccc(-c2nc(-c3ccncc3)no2)c1.c1cc(-c2nc(-c3ccncc3)no2)cc(N2CCCC2)c1.c1cc(-c2noc(-c3ccc(N4CCCC4)cc3)n2)ccn1. The highest BCUT2D eigenvalue weighted by molar-refractivity contribution is 6.11. The lowest BCUT2D eigenvalue weighted by Gasteiger charge is -2.23. The molecule has 16 rings (SSSR count). The number of amidine groups is 1. The minimum atomic E-state index is -0.439. The molecule has 0 aliphatic carbocycles. The maximum Gasteiger partial charge on any atom is 0.258 e. The van der Waals surface area contributed by atoms with Crippen molar-refractivity contribution in [2.75, 3.05) is 81.4 Å². The number of hydrogen-bond acceptors (Lipinski definition) is 29. The highest BCUT2D eigenvalue weighted by Gasteiger charge is 2.22. The van der Waals surface area contributed by atoms with Crippen LogP contribution in [0.15, 0.2) is 238 Å². The average Bonchev–Trinajstić information content (AvgIpc) is 1.50. The average molecular weight is 1590 g/mol. The van der Waals surface area contributed by atoms with Gasteiger partial charge in [0, 0.05) is 168 Å². The highest BCUT2D eigenvalue weighted by atomic mass is 16.5. The molecule has 0 atom stereocenters. The molecule has 2 fully saturated rings. The van der Waals surface area contributed by atoms with E-state index in [1.807, 2.05) is 152 Å². The first kappa shape index (κ1) is 83.5. The van der Waals surface area contributed by atoms with Gasteiger partial charge in [0.1, 0.15) is 5.84 Å². The van der Waals surface area contributed by atoms with E-state index in [4.69, 9.17) is 42.4 Å². The van der Waals surface area contributed by atoms with E-state index in [1.165, 1.54) is 37.1 Å². The molecule has 606 valence electrons. The molecule has 5 aromatic carbocycles. The Bertz CT molecular complexity index is 5480. The largest absolute Gasteiger partial charge is 0.490 e. The summed E-state index contributed by atoms with van der Waals surface area (Å²) in [6, 6.07) is 52.9. The van der Waals surface area contributed by atoms with Gasteiger partial charge in [-0.2, -0.15) is 19.9 Å². The summed E-state index contributed by atoms with van der Waals surface area (Å²) >= 11 is 0. The zero-order chi connectivity index (χ0) is 82.4. The van der Waals surface area contributed by atoms with Crippen LogP contribution in [0.4, 0.5) is 17.1 Å². The second kappa shape index (κ2) is 41.9. The van der Waals surface area contributed by atoms with E-state index in [-0.39, 0.29) is 19.0 Å². The Morgan fingerprint density at radius 3 is 1.40 bits per heavy atom. The zero-order valence-electron chi connectivity index (χ0n) is 66.7. The van der Waals surface area contributed by atoms with Crippen LogP contribution in [0, 0.1) is 5.41 Å². The number of rotatable bonds is 26. The van der Waals surface area contributed by atoms with Gasteiger partial charge in [-0.1, -0.05) is 32.8 Å². The van der Waals surface area contributed by atoms with Gasteiger partial charge in [0.15, 0.2) is 23.0 Å². The molecular formula is C88H93N19O11. The Morgan fingerprint density at radius 2 is 0.881 bits per heavy atom. The molecule has 0 spiro atoms. The van der Waals surface area contributed by atoms with Crippen LogP contribution in [0.1, 0.15) is 94.5 Å².